The fraction of sp³-hybridized carbons (Fsp3) is 0.545. The van der Waals surface area contributed by atoms with Gasteiger partial charge >= 0.3 is 0 Å². The fourth-order valence-electron chi connectivity index (χ4n) is 3.16. The molecule has 3 rings (SSSR count). The summed E-state index contributed by atoms with van der Waals surface area (Å²) in [5.41, 5.74) is 7.09. The normalized spacial score (nSPS) is 18.2. The topological polar surface area (TPSA) is 29.3 Å². The number of nitrogens with two attached hydrogens (primary N) is 1. The highest BCUT2D eigenvalue weighted by molar-refractivity contribution is 5.42. The predicted molar refractivity (Wildman–Crippen MR) is 107 cm³/mol. The lowest BCUT2D eigenvalue weighted by Gasteiger charge is -2.34. The van der Waals surface area contributed by atoms with E-state index in [-0.39, 0.29) is 11.2 Å². The molecule has 1 fully saturated rings. The van der Waals surface area contributed by atoms with E-state index in [1.54, 1.807) is 12.1 Å². The molecule has 0 aromatic heterocycles. The Bertz CT molecular complexity index is 558. The summed E-state index contributed by atoms with van der Waals surface area (Å²) in [5.74, 6) is 0.761. The molecule has 2 N–H and O–H groups in total. The van der Waals surface area contributed by atoms with Crippen LogP contribution in [0.25, 0.3) is 0 Å². The van der Waals surface area contributed by atoms with E-state index in [1.165, 1.54) is 37.4 Å². The van der Waals surface area contributed by atoms with Crippen LogP contribution in [0, 0.1) is 11.7 Å². The Labute approximate surface area is 153 Å². The zero-order chi connectivity index (χ0) is 18.9. The van der Waals surface area contributed by atoms with Gasteiger partial charge in [-0.2, -0.15) is 0 Å². The van der Waals surface area contributed by atoms with Crippen molar-refractivity contribution in [1.82, 2.24) is 4.90 Å². The monoisotopic (exact) mass is 346 g/mol. The minimum Gasteiger partial charge on any atom is -0.377 e. The maximum Gasteiger partial charge on any atom is 0.123 e. The predicted octanol–water partition coefficient (Wildman–Crippen LogP) is 5.26. The lowest BCUT2D eigenvalue weighted by molar-refractivity contribution is 0.452. The molecule has 1 unspecified atom stereocenters. The SMILES string of the molecule is CC.CN.CN1C=CC(C(C)(CCC2CC2)c2ccc(F)cc2)=CC1. The van der Waals surface area contributed by atoms with E-state index in [2.05, 4.69) is 43.0 Å². The molecule has 25 heavy (non-hydrogen) atoms. The fourth-order valence-corrected chi connectivity index (χ4v) is 3.16. The van der Waals surface area contributed by atoms with Crippen molar-refractivity contribution >= 4 is 0 Å². The van der Waals surface area contributed by atoms with Crippen molar-refractivity contribution in [3.05, 3.63) is 59.6 Å². The van der Waals surface area contributed by atoms with E-state index in [0.717, 1.165) is 18.9 Å². The van der Waals surface area contributed by atoms with E-state index in [9.17, 15) is 4.39 Å². The highest BCUT2D eigenvalue weighted by Crippen LogP contribution is 2.43. The Morgan fingerprint density at radius 3 is 2.24 bits per heavy atom. The number of halogens is 1. The quantitative estimate of drug-likeness (QED) is 0.788. The van der Waals surface area contributed by atoms with Gasteiger partial charge in [-0.15, -0.1) is 0 Å². The van der Waals surface area contributed by atoms with Crippen LogP contribution in [0.1, 0.15) is 52.0 Å². The molecule has 1 aliphatic heterocycles. The molecule has 1 atom stereocenters. The molecule has 1 saturated carbocycles. The van der Waals surface area contributed by atoms with Gasteiger partial charge in [0.15, 0.2) is 0 Å². The molecule has 0 amide bonds. The number of benzene rings is 1. The Hall–Kier alpha value is -1.61. The molecule has 0 bridgehead atoms. The second-order valence-corrected chi connectivity index (χ2v) is 6.74. The van der Waals surface area contributed by atoms with Gasteiger partial charge < -0.3 is 10.6 Å². The van der Waals surface area contributed by atoms with E-state index in [0.29, 0.717) is 0 Å². The molecular formula is C22H35FN2. The summed E-state index contributed by atoms with van der Waals surface area (Å²) in [4.78, 5) is 2.18. The molecule has 0 radical (unpaired) electrons. The van der Waals surface area contributed by atoms with Gasteiger partial charge in [0.1, 0.15) is 5.82 Å². The van der Waals surface area contributed by atoms with Crippen molar-refractivity contribution in [2.24, 2.45) is 11.7 Å². The van der Waals surface area contributed by atoms with E-state index in [1.807, 2.05) is 26.0 Å². The second-order valence-electron chi connectivity index (χ2n) is 6.74. The van der Waals surface area contributed by atoms with Gasteiger partial charge in [0.05, 0.1) is 0 Å². The van der Waals surface area contributed by atoms with Crippen LogP contribution >= 0.6 is 0 Å². The Morgan fingerprint density at radius 2 is 1.76 bits per heavy atom. The summed E-state index contributed by atoms with van der Waals surface area (Å²) < 4.78 is 13.3. The highest BCUT2D eigenvalue weighted by atomic mass is 19.1. The first-order valence-corrected chi connectivity index (χ1v) is 9.51. The summed E-state index contributed by atoms with van der Waals surface area (Å²) in [5, 5.41) is 0. The standard InChI is InChI=1S/C19H24FN.C2H6.CH5N/c1-19(12-9-15-3-4-15,16-5-7-18(20)8-6-16)17-10-13-21(2)14-11-17;2*1-2/h5-8,10-11,13,15H,3-4,9,12,14H2,1-2H3;1-2H3;2H2,1H3. The minimum absolute atomic E-state index is 0.00590. The minimum atomic E-state index is -0.156. The number of likely N-dealkylation sites (N-methyl/N-ethyl adjacent to an activating group) is 1. The lowest BCUT2D eigenvalue weighted by atomic mass is 9.71. The van der Waals surface area contributed by atoms with E-state index in [4.69, 9.17) is 0 Å². The van der Waals surface area contributed by atoms with Gasteiger partial charge in [-0.3, -0.25) is 0 Å². The van der Waals surface area contributed by atoms with Gasteiger partial charge in [-0.05, 0) is 61.4 Å². The number of allylic oxidation sites excluding steroid dienone is 2. The average Bonchev–Trinajstić information content (AvgIpc) is 3.49. The van der Waals surface area contributed by atoms with Crippen molar-refractivity contribution in [3.63, 3.8) is 0 Å². The summed E-state index contributed by atoms with van der Waals surface area (Å²) in [7, 11) is 3.59. The third-order valence-electron chi connectivity index (χ3n) is 4.98. The first-order valence-electron chi connectivity index (χ1n) is 9.51. The molecule has 2 aliphatic rings. The largest absolute Gasteiger partial charge is 0.377 e. The van der Waals surface area contributed by atoms with Crippen molar-refractivity contribution in [3.8, 4) is 0 Å². The molecule has 0 saturated heterocycles. The summed E-state index contributed by atoms with van der Waals surface area (Å²) in [6.07, 6.45) is 11.9. The van der Waals surface area contributed by atoms with Crippen LogP contribution in [0.15, 0.2) is 48.2 Å². The first kappa shape index (κ1) is 21.4. The van der Waals surface area contributed by atoms with Crippen LogP contribution in [-0.4, -0.2) is 25.5 Å². The molecule has 140 valence electrons. The Kier molecular flexibility index (Phi) is 8.91. The smallest absolute Gasteiger partial charge is 0.123 e. The number of rotatable bonds is 5. The Balaban J connectivity index is 0.000000730. The number of hydrogen-bond acceptors (Lipinski definition) is 2. The van der Waals surface area contributed by atoms with Crippen LogP contribution in [-0.2, 0) is 5.41 Å². The van der Waals surface area contributed by atoms with Crippen molar-refractivity contribution in [1.29, 1.82) is 0 Å². The highest BCUT2D eigenvalue weighted by Gasteiger charge is 2.33. The molecule has 1 aromatic carbocycles. The zero-order valence-corrected chi connectivity index (χ0v) is 16.6. The third-order valence-corrected chi connectivity index (χ3v) is 4.98. The van der Waals surface area contributed by atoms with Crippen molar-refractivity contribution < 1.29 is 4.39 Å². The summed E-state index contributed by atoms with van der Waals surface area (Å²) in [6.45, 7) is 7.26. The second kappa shape index (κ2) is 10.4. The maximum atomic E-state index is 13.3. The van der Waals surface area contributed by atoms with Crippen LogP contribution in [0.2, 0.25) is 0 Å². The summed E-state index contributed by atoms with van der Waals surface area (Å²) in [6, 6.07) is 7.08. The van der Waals surface area contributed by atoms with Crippen molar-refractivity contribution in [2.75, 3.05) is 20.6 Å². The maximum absolute atomic E-state index is 13.3. The van der Waals surface area contributed by atoms with Gasteiger partial charge in [0.2, 0.25) is 0 Å². The van der Waals surface area contributed by atoms with E-state index >= 15 is 0 Å². The molecule has 2 nitrogen and oxygen atoms in total. The van der Waals surface area contributed by atoms with Crippen LogP contribution in [0.4, 0.5) is 4.39 Å². The van der Waals surface area contributed by atoms with Crippen LogP contribution in [0.5, 0.6) is 0 Å². The molecule has 1 aromatic rings. The number of hydrogen-bond donors (Lipinski definition) is 1. The summed E-state index contributed by atoms with van der Waals surface area (Å²) >= 11 is 0. The van der Waals surface area contributed by atoms with Gasteiger partial charge in [0, 0.05) is 19.0 Å². The number of nitrogens with zero attached hydrogens (tertiary/aromatic N) is 1. The van der Waals surface area contributed by atoms with Crippen LogP contribution in [0.3, 0.4) is 0 Å². The third kappa shape index (κ3) is 6.00. The van der Waals surface area contributed by atoms with Crippen molar-refractivity contribution in [2.45, 2.75) is 51.9 Å². The first-order chi connectivity index (χ1) is 12.1. The van der Waals surface area contributed by atoms with Gasteiger partial charge in [-0.25, -0.2) is 4.39 Å². The van der Waals surface area contributed by atoms with Gasteiger partial charge in [0.25, 0.3) is 0 Å². The van der Waals surface area contributed by atoms with Gasteiger partial charge in [-0.1, -0.05) is 51.8 Å². The zero-order valence-electron chi connectivity index (χ0n) is 16.6. The molecule has 1 aliphatic carbocycles. The Morgan fingerprint density at radius 1 is 1.16 bits per heavy atom. The lowest BCUT2D eigenvalue weighted by Crippen LogP contribution is -2.27. The van der Waals surface area contributed by atoms with Crippen LogP contribution < -0.4 is 5.73 Å². The molecule has 3 heteroatoms. The molecule has 1 heterocycles. The molecular weight excluding hydrogens is 311 g/mol. The average molecular weight is 347 g/mol. The van der Waals surface area contributed by atoms with E-state index < -0.39 is 0 Å². The molecule has 0 spiro atoms.